The third kappa shape index (κ3) is 5.29. The number of aryl methyl sites for hydroxylation is 1. The number of anilines is 2. The normalized spacial score (nSPS) is 20.7. The SMILES string of the molecule is Cc1cc(N)nc(-c2c(Cl)cc3c(N4CCNCC4C)nc(OCC4CCCN4C)nc3c2F)c1C(F)(F)F. The molecule has 0 spiro atoms. The van der Waals surface area contributed by atoms with E-state index in [-0.39, 0.29) is 45.4 Å². The minimum absolute atomic E-state index is 0.00208. The molecule has 3 N–H and O–H groups in total. The molecule has 2 aliphatic heterocycles. The second-order valence-corrected chi connectivity index (χ2v) is 10.6. The van der Waals surface area contributed by atoms with Crippen molar-refractivity contribution < 1.29 is 22.3 Å². The molecule has 0 bridgehead atoms. The molecule has 39 heavy (non-hydrogen) atoms. The summed E-state index contributed by atoms with van der Waals surface area (Å²) in [5, 5.41) is 3.32. The summed E-state index contributed by atoms with van der Waals surface area (Å²) in [6.07, 6.45) is -2.84. The highest BCUT2D eigenvalue weighted by Gasteiger charge is 2.38. The van der Waals surface area contributed by atoms with Crippen LogP contribution in [0.1, 0.15) is 30.9 Å². The monoisotopic (exact) mass is 567 g/mol. The van der Waals surface area contributed by atoms with Crippen molar-refractivity contribution in [1.29, 1.82) is 0 Å². The highest BCUT2D eigenvalue weighted by atomic mass is 35.5. The van der Waals surface area contributed by atoms with Crippen LogP contribution in [0.25, 0.3) is 22.2 Å². The summed E-state index contributed by atoms with van der Waals surface area (Å²) in [5.41, 5.74) is 3.08. The van der Waals surface area contributed by atoms with E-state index >= 15 is 4.39 Å². The van der Waals surface area contributed by atoms with Crippen molar-refractivity contribution in [2.75, 3.05) is 50.5 Å². The fourth-order valence-electron chi connectivity index (χ4n) is 5.41. The molecule has 5 rings (SSSR count). The van der Waals surface area contributed by atoms with E-state index in [0.29, 0.717) is 32.1 Å². The number of halogens is 5. The van der Waals surface area contributed by atoms with Gasteiger partial charge in [-0.25, -0.2) is 9.37 Å². The van der Waals surface area contributed by atoms with Crippen LogP contribution in [0.5, 0.6) is 6.01 Å². The summed E-state index contributed by atoms with van der Waals surface area (Å²) in [4.78, 5) is 17.0. The van der Waals surface area contributed by atoms with E-state index in [2.05, 4.69) is 25.2 Å². The number of hydrogen-bond acceptors (Lipinski definition) is 8. The van der Waals surface area contributed by atoms with Gasteiger partial charge < -0.3 is 25.6 Å². The summed E-state index contributed by atoms with van der Waals surface area (Å²) >= 11 is 6.51. The molecule has 0 radical (unpaired) electrons. The molecule has 2 unspecified atom stereocenters. The molecule has 210 valence electrons. The smallest absolute Gasteiger partial charge is 0.418 e. The van der Waals surface area contributed by atoms with Crippen molar-refractivity contribution in [2.24, 2.45) is 0 Å². The number of benzene rings is 1. The van der Waals surface area contributed by atoms with Crippen molar-refractivity contribution in [2.45, 2.75) is 44.9 Å². The van der Waals surface area contributed by atoms with E-state index in [9.17, 15) is 13.2 Å². The van der Waals surface area contributed by atoms with Gasteiger partial charge in [0.2, 0.25) is 0 Å². The number of pyridine rings is 1. The number of alkyl halides is 3. The Morgan fingerprint density at radius 1 is 1.21 bits per heavy atom. The Bertz CT molecular complexity index is 1400. The molecule has 2 aliphatic rings. The van der Waals surface area contributed by atoms with Crippen LogP contribution in [-0.2, 0) is 6.18 Å². The van der Waals surface area contributed by atoms with Crippen LogP contribution in [-0.4, -0.2) is 71.8 Å². The fourth-order valence-corrected chi connectivity index (χ4v) is 5.70. The number of hydrogen-bond donors (Lipinski definition) is 2. The molecule has 0 amide bonds. The molecule has 2 saturated heterocycles. The first kappa shape index (κ1) is 27.6. The van der Waals surface area contributed by atoms with Crippen LogP contribution in [0.15, 0.2) is 12.1 Å². The Hall–Kier alpha value is -2.96. The van der Waals surface area contributed by atoms with Gasteiger partial charge in [-0.15, -0.1) is 0 Å². The van der Waals surface area contributed by atoms with E-state index in [1.807, 2.05) is 18.9 Å². The van der Waals surface area contributed by atoms with Crippen molar-refractivity contribution in [3.8, 4) is 17.3 Å². The van der Waals surface area contributed by atoms with Crippen molar-refractivity contribution in [1.82, 2.24) is 25.2 Å². The molecular weight excluding hydrogens is 538 g/mol. The number of nitrogens with zero attached hydrogens (tertiary/aromatic N) is 5. The quantitative estimate of drug-likeness (QED) is 0.430. The molecule has 2 atom stereocenters. The topological polar surface area (TPSA) is 92.4 Å². The first-order valence-electron chi connectivity index (χ1n) is 12.8. The third-order valence-corrected chi connectivity index (χ3v) is 7.75. The molecule has 2 fully saturated rings. The van der Waals surface area contributed by atoms with Gasteiger partial charge in [-0.05, 0) is 58.0 Å². The number of nitrogens with two attached hydrogens (primary N) is 1. The van der Waals surface area contributed by atoms with Gasteiger partial charge in [-0.2, -0.15) is 23.1 Å². The zero-order valence-corrected chi connectivity index (χ0v) is 22.6. The van der Waals surface area contributed by atoms with E-state index < -0.39 is 28.8 Å². The lowest BCUT2D eigenvalue weighted by molar-refractivity contribution is -0.137. The molecule has 0 saturated carbocycles. The first-order valence-corrected chi connectivity index (χ1v) is 13.2. The molecule has 0 aliphatic carbocycles. The van der Waals surface area contributed by atoms with Crippen molar-refractivity contribution in [3.63, 3.8) is 0 Å². The summed E-state index contributed by atoms with van der Waals surface area (Å²) in [6.45, 7) is 6.41. The van der Waals surface area contributed by atoms with Gasteiger partial charge in [0.25, 0.3) is 0 Å². The summed E-state index contributed by atoms with van der Waals surface area (Å²) in [7, 11) is 2.00. The van der Waals surface area contributed by atoms with Gasteiger partial charge >= 0.3 is 12.2 Å². The van der Waals surface area contributed by atoms with Gasteiger partial charge in [0.15, 0.2) is 5.82 Å². The van der Waals surface area contributed by atoms with Crippen LogP contribution >= 0.6 is 11.6 Å². The number of aromatic nitrogens is 3. The van der Waals surface area contributed by atoms with Gasteiger partial charge in [0, 0.05) is 37.1 Å². The summed E-state index contributed by atoms with van der Waals surface area (Å²) in [6, 6.07) is 2.60. The van der Waals surface area contributed by atoms with E-state index in [1.165, 1.54) is 13.0 Å². The lowest BCUT2D eigenvalue weighted by Gasteiger charge is -2.35. The minimum atomic E-state index is -4.82. The van der Waals surface area contributed by atoms with Crippen LogP contribution in [0.2, 0.25) is 5.02 Å². The van der Waals surface area contributed by atoms with Crippen LogP contribution in [0, 0.1) is 12.7 Å². The van der Waals surface area contributed by atoms with Crippen LogP contribution in [0.4, 0.5) is 29.2 Å². The molecule has 4 heterocycles. The Labute approximate surface area is 228 Å². The Balaban J connectivity index is 1.71. The number of rotatable bonds is 5. The van der Waals surface area contributed by atoms with Gasteiger partial charge in [-0.3, -0.25) is 0 Å². The van der Waals surface area contributed by atoms with Gasteiger partial charge in [-0.1, -0.05) is 11.6 Å². The molecule has 3 aromatic rings. The largest absolute Gasteiger partial charge is 0.462 e. The number of fused-ring (bicyclic) bond motifs is 1. The zero-order valence-electron chi connectivity index (χ0n) is 21.9. The number of likely N-dealkylation sites (tertiary alicyclic amines) is 1. The van der Waals surface area contributed by atoms with Crippen molar-refractivity contribution >= 4 is 34.1 Å². The maximum Gasteiger partial charge on any atom is 0.418 e. The van der Waals surface area contributed by atoms with E-state index in [4.69, 9.17) is 22.1 Å². The predicted octanol–water partition coefficient (Wildman–Crippen LogP) is 4.66. The first-order chi connectivity index (χ1) is 18.5. The second-order valence-electron chi connectivity index (χ2n) is 10.2. The molecule has 13 heteroatoms. The summed E-state index contributed by atoms with van der Waals surface area (Å²) < 4.78 is 64.6. The second kappa shape index (κ2) is 10.5. The number of piperazine rings is 1. The number of nitrogen functional groups attached to an aromatic ring is 1. The van der Waals surface area contributed by atoms with Crippen LogP contribution in [0.3, 0.4) is 0 Å². The van der Waals surface area contributed by atoms with E-state index in [1.54, 1.807) is 0 Å². The fraction of sp³-hybridized carbons (Fsp3) is 0.500. The lowest BCUT2D eigenvalue weighted by Crippen LogP contribution is -2.50. The lowest BCUT2D eigenvalue weighted by atomic mass is 9.99. The molecule has 1 aromatic carbocycles. The molecule has 8 nitrogen and oxygen atoms in total. The number of likely N-dealkylation sites (N-methyl/N-ethyl adjacent to an activating group) is 1. The molecule has 2 aromatic heterocycles. The Morgan fingerprint density at radius 2 is 1.97 bits per heavy atom. The minimum Gasteiger partial charge on any atom is -0.462 e. The van der Waals surface area contributed by atoms with E-state index in [0.717, 1.165) is 25.5 Å². The average molecular weight is 568 g/mol. The maximum absolute atomic E-state index is 16.4. The third-order valence-electron chi connectivity index (χ3n) is 7.45. The molecular formula is C26H30ClF4N7O. The summed E-state index contributed by atoms with van der Waals surface area (Å²) in [5.74, 6) is -0.826. The Morgan fingerprint density at radius 3 is 2.64 bits per heavy atom. The van der Waals surface area contributed by atoms with Gasteiger partial charge in [0.05, 0.1) is 21.8 Å². The number of ether oxygens (including phenoxy) is 1. The predicted molar refractivity (Wildman–Crippen MR) is 143 cm³/mol. The van der Waals surface area contributed by atoms with Gasteiger partial charge in [0.1, 0.15) is 23.8 Å². The number of nitrogens with one attached hydrogen (secondary N) is 1. The highest BCUT2D eigenvalue weighted by molar-refractivity contribution is 6.34. The maximum atomic E-state index is 16.4. The Kier molecular flexibility index (Phi) is 7.47. The van der Waals surface area contributed by atoms with Crippen LogP contribution < -0.4 is 20.7 Å². The van der Waals surface area contributed by atoms with Crippen molar-refractivity contribution in [3.05, 3.63) is 34.1 Å². The standard InChI is InChI=1S/C26H30ClF4N7O/c1-13-9-18(32)34-23(20(13)26(29,30)31)19-17(27)10-16-22(21(19)28)35-25(39-12-15-5-4-7-37(15)3)36-24(16)38-8-6-33-11-14(38)2/h9-10,14-15,33H,4-8,11-12H2,1-3H3,(H2,32,34). The average Bonchev–Trinajstić information content (AvgIpc) is 3.26. The zero-order chi connectivity index (χ0) is 28.1. The highest BCUT2D eigenvalue weighted by Crippen LogP contribution is 2.44.